The second-order valence-electron chi connectivity index (χ2n) is 6.13. The number of anilines is 1. The zero-order valence-electron chi connectivity index (χ0n) is 14.7. The van der Waals surface area contributed by atoms with Gasteiger partial charge in [-0.1, -0.05) is 36.4 Å². The zero-order valence-corrected chi connectivity index (χ0v) is 14.7. The first-order valence-electron chi connectivity index (χ1n) is 7.89. The minimum Gasteiger partial charge on any atom is -0.484 e. The number of carbonyl (C=O) groups is 2. The third kappa shape index (κ3) is 4.81. The molecule has 0 saturated carbocycles. The highest BCUT2D eigenvalue weighted by Gasteiger charge is 2.30. The van der Waals surface area contributed by atoms with Gasteiger partial charge in [0.15, 0.2) is 6.61 Å². The van der Waals surface area contributed by atoms with Crippen LogP contribution in [0, 0.1) is 0 Å². The lowest BCUT2D eigenvalue weighted by molar-refractivity contribution is -0.130. The predicted molar refractivity (Wildman–Crippen MR) is 97.2 cm³/mol. The van der Waals surface area contributed by atoms with E-state index in [1.165, 1.54) is 4.90 Å². The molecule has 2 aromatic rings. The summed E-state index contributed by atoms with van der Waals surface area (Å²) in [5, 5.41) is 2.79. The van der Waals surface area contributed by atoms with Crippen molar-refractivity contribution in [1.82, 2.24) is 4.90 Å². The van der Waals surface area contributed by atoms with E-state index in [1.807, 2.05) is 30.3 Å². The van der Waals surface area contributed by atoms with E-state index in [4.69, 9.17) is 10.5 Å². The van der Waals surface area contributed by atoms with Crippen molar-refractivity contribution in [2.75, 3.05) is 26.0 Å². The van der Waals surface area contributed by atoms with Crippen molar-refractivity contribution in [3.05, 3.63) is 60.2 Å². The number of rotatable bonds is 6. The Bertz CT molecular complexity index is 743. The number of hydrogen-bond donors (Lipinski definition) is 2. The lowest BCUT2D eigenvalue weighted by atomic mass is 9.92. The molecule has 6 nitrogen and oxygen atoms in total. The van der Waals surface area contributed by atoms with Gasteiger partial charge in [0.25, 0.3) is 5.91 Å². The van der Waals surface area contributed by atoms with Crippen LogP contribution in [0.25, 0.3) is 0 Å². The molecular formula is C19H23N3O3. The number of amides is 2. The van der Waals surface area contributed by atoms with E-state index in [0.717, 1.165) is 5.56 Å². The molecule has 2 rings (SSSR count). The molecule has 6 heteroatoms. The Balaban J connectivity index is 2.06. The van der Waals surface area contributed by atoms with Crippen molar-refractivity contribution in [3.8, 4) is 5.75 Å². The van der Waals surface area contributed by atoms with Gasteiger partial charge >= 0.3 is 0 Å². The summed E-state index contributed by atoms with van der Waals surface area (Å²) in [6.07, 6.45) is 0. The molecule has 0 aromatic heterocycles. The summed E-state index contributed by atoms with van der Waals surface area (Å²) in [7, 11) is 3.32. The highest BCUT2D eigenvalue weighted by molar-refractivity contribution is 5.98. The standard InChI is InChI=1S/C19H23N3O3/c1-19(20,14-8-5-4-6-9-14)18(24)21-15-10-7-11-16(12-15)25-13-17(23)22(2)3/h4-12H,13,20H2,1-3H3,(H,21,24). The average Bonchev–Trinajstić information content (AvgIpc) is 2.60. The number of nitrogens with zero attached hydrogens (tertiary/aromatic N) is 1. The molecule has 2 amide bonds. The third-order valence-electron chi connectivity index (χ3n) is 3.80. The SMILES string of the molecule is CN(C)C(=O)COc1cccc(NC(=O)C(C)(N)c2ccccc2)c1. The molecule has 0 aliphatic heterocycles. The summed E-state index contributed by atoms with van der Waals surface area (Å²) in [4.78, 5) is 25.6. The summed E-state index contributed by atoms with van der Waals surface area (Å²) in [5.41, 5.74) is 6.31. The van der Waals surface area contributed by atoms with Gasteiger partial charge < -0.3 is 20.7 Å². The lowest BCUT2D eigenvalue weighted by Crippen LogP contribution is -2.45. The van der Waals surface area contributed by atoms with Crippen LogP contribution in [0.1, 0.15) is 12.5 Å². The summed E-state index contributed by atoms with van der Waals surface area (Å²) in [6, 6.07) is 16.0. The molecule has 3 N–H and O–H groups in total. The molecule has 0 fully saturated rings. The van der Waals surface area contributed by atoms with Crippen LogP contribution >= 0.6 is 0 Å². The number of nitrogens with one attached hydrogen (secondary N) is 1. The van der Waals surface area contributed by atoms with Crippen molar-refractivity contribution in [1.29, 1.82) is 0 Å². The Kier molecular flexibility index (Phi) is 5.77. The molecule has 0 bridgehead atoms. The summed E-state index contributed by atoms with van der Waals surface area (Å²) < 4.78 is 5.45. The van der Waals surface area contributed by atoms with Crippen LogP contribution in [0.5, 0.6) is 5.75 Å². The highest BCUT2D eigenvalue weighted by atomic mass is 16.5. The first-order valence-corrected chi connectivity index (χ1v) is 7.89. The normalized spacial score (nSPS) is 12.8. The fourth-order valence-electron chi connectivity index (χ4n) is 2.11. The summed E-state index contributed by atoms with van der Waals surface area (Å²) in [5.74, 6) is 0.0136. The first-order chi connectivity index (χ1) is 11.8. The minimum atomic E-state index is -1.17. The molecule has 0 heterocycles. The first kappa shape index (κ1) is 18.5. The van der Waals surface area contributed by atoms with Crippen molar-refractivity contribution in [2.24, 2.45) is 5.73 Å². The highest BCUT2D eigenvalue weighted by Crippen LogP contribution is 2.22. The molecular weight excluding hydrogens is 318 g/mol. The predicted octanol–water partition coefficient (Wildman–Crippen LogP) is 1.97. The van der Waals surface area contributed by atoms with Gasteiger partial charge in [0.2, 0.25) is 5.91 Å². The molecule has 0 aliphatic carbocycles. The number of ether oxygens (including phenoxy) is 1. The minimum absolute atomic E-state index is 0.0664. The van der Waals surface area contributed by atoms with E-state index in [9.17, 15) is 9.59 Å². The van der Waals surface area contributed by atoms with E-state index < -0.39 is 5.54 Å². The van der Waals surface area contributed by atoms with Crippen molar-refractivity contribution >= 4 is 17.5 Å². The molecule has 0 radical (unpaired) electrons. The number of hydrogen-bond acceptors (Lipinski definition) is 4. The van der Waals surface area contributed by atoms with Gasteiger partial charge in [0.1, 0.15) is 11.3 Å². The second-order valence-corrected chi connectivity index (χ2v) is 6.13. The Morgan fingerprint density at radius 2 is 1.80 bits per heavy atom. The van der Waals surface area contributed by atoms with Crippen LogP contribution in [-0.2, 0) is 15.1 Å². The number of benzene rings is 2. The molecule has 0 aliphatic rings. The summed E-state index contributed by atoms with van der Waals surface area (Å²) in [6.45, 7) is 1.59. The number of likely N-dealkylation sites (N-methyl/N-ethyl adjacent to an activating group) is 1. The topological polar surface area (TPSA) is 84.7 Å². The van der Waals surface area contributed by atoms with Crippen LogP contribution < -0.4 is 15.8 Å². The molecule has 132 valence electrons. The lowest BCUT2D eigenvalue weighted by Gasteiger charge is -2.24. The Hall–Kier alpha value is -2.86. The largest absolute Gasteiger partial charge is 0.484 e. The smallest absolute Gasteiger partial charge is 0.259 e. The molecule has 1 atom stereocenters. The van der Waals surface area contributed by atoms with Crippen LogP contribution in [0.4, 0.5) is 5.69 Å². The van der Waals surface area contributed by atoms with Crippen molar-refractivity contribution in [2.45, 2.75) is 12.5 Å². The Morgan fingerprint density at radius 3 is 2.44 bits per heavy atom. The van der Waals surface area contributed by atoms with Gasteiger partial charge in [0.05, 0.1) is 0 Å². The van der Waals surface area contributed by atoms with Gasteiger partial charge in [-0.05, 0) is 24.6 Å². The number of nitrogens with two attached hydrogens (primary N) is 1. The van der Waals surface area contributed by atoms with Gasteiger partial charge in [-0.3, -0.25) is 9.59 Å². The van der Waals surface area contributed by atoms with E-state index in [1.54, 1.807) is 45.3 Å². The van der Waals surface area contributed by atoms with E-state index in [2.05, 4.69) is 5.32 Å². The Morgan fingerprint density at radius 1 is 1.12 bits per heavy atom. The monoisotopic (exact) mass is 341 g/mol. The maximum absolute atomic E-state index is 12.6. The molecule has 0 spiro atoms. The van der Waals surface area contributed by atoms with Gasteiger partial charge in [0, 0.05) is 25.8 Å². The zero-order chi connectivity index (χ0) is 18.4. The van der Waals surface area contributed by atoms with Gasteiger partial charge in [-0.2, -0.15) is 0 Å². The molecule has 2 aromatic carbocycles. The molecule has 1 unspecified atom stereocenters. The van der Waals surface area contributed by atoms with Crippen LogP contribution in [0.15, 0.2) is 54.6 Å². The van der Waals surface area contributed by atoms with Crippen LogP contribution in [0.2, 0.25) is 0 Å². The molecule has 0 saturated heterocycles. The average molecular weight is 341 g/mol. The van der Waals surface area contributed by atoms with Crippen molar-refractivity contribution in [3.63, 3.8) is 0 Å². The molecule has 25 heavy (non-hydrogen) atoms. The van der Waals surface area contributed by atoms with Gasteiger partial charge in [-0.15, -0.1) is 0 Å². The van der Waals surface area contributed by atoms with Gasteiger partial charge in [-0.25, -0.2) is 0 Å². The number of carbonyl (C=O) groups excluding carboxylic acids is 2. The maximum Gasteiger partial charge on any atom is 0.259 e. The maximum atomic E-state index is 12.6. The second kappa shape index (κ2) is 7.81. The van der Waals surface area contributed by atoms with E-state index in [0.29, 0.717) is 11.4 Å². The fraction of sp³-hybridized carbons (Fsp3) is 0.263. The third-order valence-corrected chi connectivity index (χ3v) is 3.80. The Labute approximate surface area is 147 Å². The van der Waals surface area contributed by atoms with Crippen LogP contribution in [0.3, 0.4) is 0 Å². The van der Waals surface area contributed by atoms with E-state index in [-0.39, 0.29) is 18.4 Å². The fourth-order valence-corrected chi connectivity index (χ4v) is 2.11. The summed E-state index contributed by atoms with van der Waals surface area (Å²) >= 11 is 0. The van der Waals surface area contributed by atoms with Crippen LogP contribution in [-0.4, -0.2) is 37.4 Å². The van der Waals surface area contributed by atoms with Crippen molar-refractivity contribution < 1.29 is 14.3 Å². The van der Waals surface area contributed by atoms with E-state index >= 15 is 0 Å². The quantitative estimate of drug-likeness (QED) is 0.841.